The molecular weight excluding hydrogens is 318 g/mol. The maximum atomic E-state index is 12.2. The zero-order valence-electron chi connectivity index (χ0n) is 14.7. The van der Waals surface area contributed by atoms with E-state index in [1.54, 1.807) is 0 Å². The van der Waals surface area contributed by atoms with E-state index >= 15 is 0 Å². The number of carbonyl (C=O) groups is 1. The van der Waals surface area contributed by atoms with Crippen molar-refractivity contribution >= 4 is 11.7 Å². The van der Waals surface area contributed by atoms with Crippen LogP contribution in [-0.4, -0.2) is 29.9 Å². The molecule has 0 radical (unpaired) electrons. The zero-order chi connectivity index (χ0) is 17.6. The van der Waals surface area contributed by atoms with Gasteiger partial charge >= 0.3 is 6.03 Å². The fraction of sp³-hybridized carbons (Fsp3) is 0.421. The van der Waals surface area contributed by atoms with Crippen LogP contribution in [0.1, 0.15) is 24.1 Å². The molecule has 2 N–H and O–H groups in total. The number of benzene rings is 1. The number of hydrogen-bond acceptors (Lipinski definition) is 3. The predicted octanol–water partition coefficient (Wildman–Crippen LogP) is 3.21. The number of hydrogen-bond donors (Lipinski definition) is 2. The molecular formula is C19H25N3O3. The minimum Gasteiger partial charge on any atom is -0.489 e. The van der Waals surface area contributed by atoms with E-state index in [9.17, 15) is 4.79 Å². The standard InChI is InChI=1S/C19H25N3O3/c1-14-7-8-17(18(11-14)25-13-16-6-4-10-24-16)21-19(23)20-12-15-5-3-9-22(15)2/h3,5,7-9,11,16H,4,6,10,12-13H2,1-2H3,(H2,20,21,23)/t16-/m1/s1. The Bertz CT molecular complexity index is 720. The Morgan fingerprint density at radius 3 is 3.00 bits per heavy atom. The van der Waals surface area contributed by atoms with Crippen LogP contribution in [-0.2, 0) is 18.3 Å². The van der Waals surface area contributed by atoms with Gasteiger partial charge in [0.15, 0.2) is 0 Å². The van der Waals surface area contributed by atoms with Crippen molar-refractivity contribution in [3.8, 4) is 5.75 Å². The van der Waals surface area contributed by atoms with Gasteiger partial charge in [-0.05, 0) is 49.6 Å². The zero-order valence-corrected chi connectivity index (χ0v) is 14.7. The highest BCUT2D eigenvalue weighted by molar-refractivity contribution is 5.90. The summed E-state index contributed by atoms with van der Waals surface area (Å²) in [6.07, 6.45) is 4.19. The molecule has 1 aromatic heterocycles. The second-order valence-corrected chi connectivity index (χ2v) is 6.36. The summed E-state index contributed by atoms with van der Waals surface area (Å²) >= 11 is 0. The Hall–Kier alpha value is -2.47. The molecule has 1 atom stereocenters. The first kappa shape index (κ1) is 17.4. The summed E-state index contributed by atoms with van der Waals surface area (Å²) in [7, 11) is 1.95. The van der Waals surface area contributed by atoms with Crippen LogP contribution < -0.4 is 15.4 Å². The molecule has 0 aliphatic carbocycles. The molecule has 3 rings (SSSR count). The Labute approximate surface area is 148 Å². The van der Waals surface area contributed by atoms with Crippen molar-refractivity contribution < 1.29 is 14.3 Å². The van der Waals surface area contributed by atoms with Crippen LogP contribution in [0, 0.1) is 6.92 Å². The molecule has 2 aromatic rings. The third kappa shape index (κ3) is 4.76. The normalized spacial score (nSPS) is 16.6. The molecule has 0 unspecified atom stereocenters. The lowest BCUT2D eigenvalue weighted by atomic mass is 10.2. The van der Waals surface area contributed by atoms with Crippen molar-refractivity contribution in [2.24, 2.45) is 7.05 Å². The summed E-state index contributed by atoms with van der Waals surface area (Å²) in [6, 6.07) is 9.41. The number of aromatic nitrogens is 1. The van der Waals surface area contributed by atoms with Crippen LogP contribution in [0.2, 0.25) is 0 Å². The summed E-state index contributed by atoms with van der Waals surface area (Å²) in [6.45, 7) is 3.77. The molecule has 1 aromatic carbocycles. The van der Waals surface area contributed by atoms with Crippen LogP contribution >= 0.6 is 0 Å². The van der Waals surface area contributed by atoms with E-state index in [-0.39, 0.29) is 12.1 Å². The third-order valence-electron chi connectivity index (χ3n) is 4.32. The molecule has 0 saturated carbocycles. The molecule has 6 nitrogen and oxygen atoms in total. The van der Waals surface area contributed by atoms with Crippen LogP contribution in [0.4, 0.5) is 10.5 Å². The van der Waals surface area contributed by atoms with Crippen molar-refractivity contribution in [2.75, 3.05) is 18.5 Å². The summed E-state index contributed by atoms with van der Waals surface area (Å²) < 4.78 is 13.5. The Morgan fingerprint density at radius 2 is 2.28 bits per heavy atom. The number of rotatable bonds is 6. The second kappa shape index (κ2) is 8.07. The fourth-order valence-electron chi connectivity index (χ4n) is 2.83. The van der Waals surface area contributed by atoms with Crippen molar-refractivity contribution in [2.45, 2.75) is 32.4 Å². The number of carbonyl (C=O) groups excluding carboxylic acids is 1. The van der Waals surface area contributed by atoms with Crippen molar-refractivity contribution in [1.82, 2.24) is 9.88 Å². The van der Waals surface area contributed by atoms with Crippen molar-refractivity contribution in [3.05, 3.63) is 47.8 Å². The van der Waals surface area contributed by atoms with E-state index in [4.69, 9.17) is 9.47 Å². The largest absolute Gasteiger partial charge is 0.489 e. The van der Waals surface area contributed by atoms with E-state index in [1.807, 2.05) is 55.1 Å². The SMILES string of the molecule is Cc1ccc(NC(=O)NCc2cccn2C)c(OC[C@H]2CCCO2)c1. The lowest BCUT2D eigenvalue weighted by Crippen LogP contribution is -2.29. The number of aryl methyl sites for hydroxylation is 2. The molecule has 1 aliphatic heterocycles. The Morgan fingerprint density at radius 1 is 1.40 bits per heavy atom. The van der Waals surface area contributed by atoms with E-state index in [0.29, 0.717) is 24.6 Å². The van der Waals surface area contributed by atoms with Gasteiger partial charge in [-0.2, -0.15) is 0 Å². The molecule has 0 spiro atoms. The molecule has 6 heteroatoms. The average molecular weight is 343 g/mol. The second-order valence-electron chi connectivity index (χ2n) is 6.36. The molecule has 2 amide bonds. The molecule has 1 saturated heterocycles. The van der Waals surface area contributed by atoms with Crippen molar-refractivity contribution in [3.63, 3.8) is 0 Å². The Kier molecular flexibility index (Phi) is 5.60. The molecule has 2 heterocycles. The molecule has 0 bridgehead atoms. The summed E-state index contributed by atoms with van der Waals surface area (Å²) in [4.78, 5) is 12.2. The first-order valence-corrected chi connectivity index (χ1v) is 8.62. The first-order chi connectivity index (χ1) is 12.1. The highest BCUT2D eigenvalue weighted by Crippen LogP contribution is 2.26. The number of ether oxygens (including phenoxy) is 2. The van der Waals surface area contributed by atoms with Gasteiger partial charge in [0.25, 0.3) is 0 Å². The highest BCUT2D eigenvalue weighted by atomic mass is 16.5. The van der Waals surface area contributed by atoms with Gasteiger partial charge < -0.3 is 24.7 Å². The van der Waals surface area contributed by atoms with Gasteiger partial charge in [0, 0.05) is 25.5 Å². The Balaban J connectivity index is 1.58. The monoisotopic (exact) mass is 343 g/mol. The summed E-state index contributed by atoms with van der Waals surface area (Å²) in [5, 5.41) is 5.73. The van der Waals surface area contributed by atoms with Gasteiger partial charge in [0.2, 0.25) is 0 Å². The van der Waals surface area contributed by atoms with E-state index in [1.165, 1.54) is 0 Å². The number of amides is 2. The number of urea groups is 1. The van der Waals surface area contributed by atoms with Gasteiger partial charge in [-0.1, -0.05) is 6.07 Å². The van der Waals surface area contributed by atoms with Crippen LogP contribution in [0.25, 0.3) is 0 Å². The van der Waals surface area contributed by atoms with Crippen LogP contribution in [0.15, 0.2) is 36.5 Å². The quantitative estimate of drug-likeness (QED) is 0.846. The van der Waals surface area contributed by atoms with E-state index in [0.717, 1.165) is 30.7 Å². The summed E-state index contributed by atoms with van der Waals surface area (Å²) in [5.41, 5.74) is 2.78. The molecule has 25 heavy (non-hydrogen) atoms. The molecule has 1 fully saturated rings. The van der Waals surface area contributed by atoms with Gasteiger partial charge in [-0.25, -0.2) is 4.79 Å². The maximum absolute atomic E-state index is 12.2. The number of nitrogens with zero attached hydrogens (tertiary/aromatic N) is 1. The smallest absolute Gasteiger partial charge is 0.319 e. The van der Waals surface area contributed by atoms with Gasteiger partial charge in [-0.15, -0.1) is 0 Å². The van der Waals surface area contributed by atoms with Crippen LogP contribution in [0.5, 0.6) is 5.75 Å². The third-order valence-corrected chi connectivity index (χ3v) is 4.32. The minimum atomic E-state index is -0.257. The fourth-order valence-corrected chi connectivity index (χ4v) is 2.83. The van der Waals surface area contributed by atoms with E-state index < -0.39 is 0 Å². The average Bonchev–Trinajstić information content (AvgIpc) is 3.25. The molecule has 1 aliphatic rings. The van der Waals surface area contributed by atoms with Gasteiger partial charge in [0.1, 0.15) is 12.4 Å². The van der Waals surface area contributed by atoms with E-state index in [2.05, 4.69) is 10.6 Å². The van der Waals surface area contributed by atoms with Gasteiger partial charge in [0.05, 0.1) is 18.3 Å². The van der Waals surface area contributed by atoms with Gasteiger partial charge in [-0.3, -0.25) is 0 Å². The first-order valence-electron chi connectivity index (χ1n) is 8.62. The minimum absolute atomic E-state index is 0.138. The maximum Gasteiger partial charge on any atom is 0.319 e. The number of nitrogens with one attached hydrogen (secondary N) is 2. The van der Waals surface area contributed by atoms with Crippen LogP contribution in [0.3, 0.4) is 0 Å². The number of anilines is 1. The summed E-state index contributed by atoms with van der Waals surface area (Å²) in [5.74, 6) is 0.671. The molecule has 134 valence electrons. The highest BCUT2D eigenvalue weighted by Gasteiger charge is 2.17. The van der Waals surface area contributed by atoms with Crippen molar-refractivity contribution in [1.29, 1.82) is 0 Å². The lowest BCUT2D eigenvalue weighted by Gasteiger charge is -2.16. The topological polar surface area (TPSA) is 64.5 Å². The lowest BCUT2D eigenvalue weighted by molar-refractivity contribution is 0.0682. The predicted molar refractivity (Wildman–Crippen MR) is 96.9 cm³/mol.